The lowest BCUT2D eigenvalue weighted by atomic mass is 9.98. The molecule has 0 aromatic heterocycles. The van der Waals surface area contributed by atoms with E-state index in [4.69, 9.17) is 0 Å². The van der Waals surface area contributed by atoms with Crippen molar-refractivity contribution in [2.75, 3.05) is 0 Å². The second-order valence-corrected chi connectivity index (χ2v) is 7.54. The molecule has 0 saturated carbocycles. The van der Waals surface area contributed by atoms with Crippen LogP contribution in [0.15, 0.2) is 36.4 Å². The predicted octanol–water partition coefficient (Wildman–Crippen LogP) is 7.37. The van der Waals surface area contributed by atoms with E-state index in [1.807, 2.05) is 12.1 Å². The molecule has 0 atom stereocenters. The van der Waals surface area contributed by atoms with Crippen LogP contribution in [0.3, 0.4) is 0 Å². The zero-order valence-electron chi connectivity index (χ0n) is 18.4. The molecule has 0 fully saturated rings. The molecule has 156 valence electrons. The Balaban J connectivity index is 0.000000280. The lowest BCUT2D eigenvalue weighted by molar-refractivity contribution is 0.465. The molecule has 2 N–H and O–H groups in total. The summed E-state index contributed by atoms with van der Waals surface area (Å²) in [6.07, 6.45) is 11.1. The first-order valence-corrected chi connectivity index (χ1v) is 11.2. The van der Waals surface area contributed by atoms with E-state index in [2.05, 4.69) is 39.8 Å². The molecule has 0 aliphatic rings. The summed E-state index contributed by atoms with van der Waals surface area (Å²) < 4.78 is 0. The van der Waals surface area contributed by atoms with E-state index in [-0.39, 0.29) is 0 Å². The minimum atomic E-state index is 0.476. The van der Waals surface area contributed by atoms with Crippen LogP contribution in [-0.4, -0.2) is 10.2 Å². The van der Waals surface area contributed by atoms with Crippen LogP contribution < -0.4 is 0 Å². The van der Waals surface area contributed by atoms with E-state index >= 15 is 0 Å². The number of aromatic hydroxyl groups is 2. The van der Waals surface area contributed by atoms with Crippen LogP contribution in [0.4, 0.5) is 0 Å². The maximum Gasteiger partial charge on any atom is 0.119 e. The SMILES string of the molecule is CCCCc1c(O)cccc1CCC.CCCCc1c(O)cccc1CCC. The van der Waals surface area contributed by atoms with Gasteiger partial charge in [-0.15, -0.1) is 0 Å². The Morgan fingerprint density at radius 2 is 0.929 bits per heavy atom. The van der Waals surface area contributed by atoms with Crippen molar-refractivity contribution >= 4 is 0 Å². The number of aryl methyl sites for hydroxylation is 2. The summed E-state index contributed by atoms with van der Waals surface area (Å²) in [6, 6.07) is 11.7. The van der Waals surface area contributed by atoms with Crippen molar-refractivity contribution in [3.8, 4) is 11.5 Å². The molecule has 0 spiro atoms. The largest absolute Gasteiger partial charge is 0.508 e. The summed E-state index contributed by atoms with van der Waals surface area (Å²) in [6.45, 7) is 8.71. The van der Waals surface area contributed by atoms with Crippen molar-refractivity contribution < 1.29 is 10.2 Å². The van der Waals surface area contributed by atoms with Crippen LogP contribution in [0.25, 0.3) is 0 Å². The second kappa shape index (κ2) is 14.1. The zero-order valence-corrected chi connectivity index (χ0v) is 18.4. The summed E-state index contributed by atoms with van der Waals surface area (Å²) in [5, 5.41) is 19.5. The fourth-order valence-corrected chi connectivity index (χ4v) is 3.53. The Bertz CT molecular complexity index is 617. The Kier molecular flexibility index (Phi) is 12.1. The number of unbranched alkanes of at least 4 members (excludes halogenated alkanes) is 2. The number of hydrogen-bond donors (Lipinski definition) is 2. The van der Waals surface area contributed by atoms with Gasteiger partial charge in [0.05, 0.1) is 0 Å². The Morgan fingerprint density at radius 1 is 0.536 bits per heavy atom. The van der Waals surface area contributed by atoms with Crippen molar-refractivity contribution in [1.29, 1.82) is 0 Å². The topological polar surface area (TPSA) is 40.5 Å². The maximum atomic E-state index is 9.74. The quantitative estimate of drug-likeness (QED) is 0.449. The van der Waals surface area contributed by atoms with Crippen molar-refractivity contribution in [2.24, 2.45) is 0 Å². The fraction of sp³-hybridized carbons (Fsp3) is 0.538. The lowest BCUT2D eigenvalue weighted by Crippen LogP contribution is -1.94. The monoisotopic (exact) mass is 384 g/mol. The van der Waals surface area contributed by atoms with Crippen molar-refractivity contribution in [1.82, 2.24) is 0 Å². The van der Waals surface area contributed by atoms with Crippen LogP contribution in [0.2, 0.25) is 0 Å². The highest BCUT2D eigenvalue weighted by atomic mass is 16.3. The summed E-state index contributed by atoms with van der Waals surface area (Å²) in [5.41, 5.74) is 4.97. The molecular weight excluding hydrogens is 344 g/mol. The van der Waals surface area contributed by atoms with E-state index in [0.29, 0.717) is 11.5 Å². The zero-order chi connectivity index (χ0) is 20.8. The molecule has 2 rings (SSSR count). The Hall–Kier alpha value is -1.96. The summed E-state index contributed by atoms with van der Waals surface area (Å²) in [7, 11) is 0. The van der Waals surface area contributed by atoms with E-state index < -0.39 is 0 Å². The molecule has 0 radical (unpaired) electrons. The second-order valence-electron chi connectivity index (χ2n) is 7.54. The number of rotatable bonds is 10. The van der Waals surface area contributed by atoms with Gasteiger partial charge in [0.15, 0.2) is 0 Å². The molecule has 2 aromatic carbocycles. The molecule has 2 nitrogen and oxygen atoms in total. The van der Waals surface area contributed by atoms with Gasteiger partial charge in [-0.05, 0) is 72.9 Å². The first-order valence-electron chi connectivity index (χ1n) is 11.2. The summed E-state index contributed by atoms with van der Waals surface area (Å²) >= 11 is 0. The highest BCUT2D eigenvalue weighted by molar-refractivity contribution is 5.40. The van der Waals surface area contributed by atoms with Gasteiger partial charge in [-0.3, -0.25) is 0 Å². The van der Waals surface area contributed by atoms with Gasteiger partial charge in [-0.25, -0.2) is 0 Å². The standard InChI is InChI=1S/2C13H20O/c2*1-3-5-9-12-11(7-4-2)8-6-10-13(12)14/h2*6,8,10,14H,3-5,7,9H2,1-2H3. The first-order chi connectivity index (χ1) is 13.6. The van der Waals surface area contributed by atoms with Crippen LogP contribution in [0.1, 0.15) is 88.5 Å². The van der Waals surface area contributed by atoms with Gasteiger partial charge < -0.3 is 10.2 Å². The molecular formula is C26H40O2. The third-order valence-corrected chi connectivity index (χ3v) is 5.10. The number of benzene rings is 2. The van der Waals surface area contributed by atoms with Gasteiger partial charge in [0, 0.05) is 0 Å². The molecule has 0 aliphatic carbocycles. The Labute approximate surface area is 172 Å². The van der Waals surface area contributed by atoms with Crippen LogP contribution in [0, 0.1) is 0 Å². The summed E-state index contributed by atoms with van der Waals surface area (Å²) in [5.74, 6) is 0.953. The molecule has 2 aromatic rings. The molecule has 28 heavy (non-hydrogen) atoms. The molecule has 0 heterocycles. The molecule has 0 amide bonds. The highest BCUT2D eigenvalue weighted by Crippen LogP contribution is 2.25. The number of phenols is 2. The molecule has 0 aliphatic heterocycles. The van der Waals surface area contributed by atoms with Crippen molar-refractivity contribution in [3.05, 3.63) is 58.7 Å². The third kappa shape index (κ3) is 7.96. The van der Waals surface area contributed by atoms with Crippen LogP contribution in [-0.2, 0) is 25.7 Å². The predicted molar refractivity (Wildman–Crippen MR) is 121 cm³/mol. The van der Waals surface area contributed by atoms with Gasteiger partial charge in [0.1, 0.15) is 11.5 Å². The molecule has 0 unspecified atom stereocenters. The van der Waals surface area contributed by atoms with E-state index in [1.54, 1.807) is 12.1 Å². The Morgan fingerprint density at radius 3 is 1.25 bits per heavy atom. The average molecular weight is 385 g/mol. The first kappa shape index (κ1) is 24.1. The molecule has 0 saturated heterocycles. The van der Waals surface area contributed by atoms with Gasteiger partial charge in [0.25, 0.3) is 0 Å². The lowest BCUT2D eigenvalue weighted by Gasteiger charge is -2.10. The summed E-state index contributed by atoms with van der Waals surface area (Å²) in [4.78, 5) is 0. The number of phenolic OH excluding ortho intramolecular Hbond substituents is 2. The molecule has 2 heteroatoms. The third-order valence-electron chi connectivity index (χ3n) is 5.10. The van der Waals surface area contributed by atoms with Gasteiger partial charge in [-0.2, -0.15) is 0 Å². The van der Waals surface area contributed by atoms with Crippen LogP contribution in [0.5, 0.6) is 11.5 Å². The van der Waals surface area contributed by atoms with Crippen molar-refractivity contribution in [2.45, 2.75) is 91.9 Å². The molecule has 0 bridgehead atoms. The van der Waals surface area contributed by atoms with E-state index in [9.17, 15) is 10.2 Å². The fourth-order valence-electron chi connectivity index (χ4n) is 3.53. The minimum Gasteiger partial charge on any atom is -0.508 e. The van der Waals surface area contributed by atoms with E-state index in [1.165, 1.54) is 24.0 Å². The van der Waals surface area contributed by atoms with Crippen molar-refractivity contribution in [3.63, 3.8) is 0 Å². The van der Waals surface area contributed by atoms with E-state index in [0.717, 1.165) is 62.5 Å². The normalized spacial score (nSPS) is 10.4. The van der Waals surface area contributed by atoms with Crippen LogP contribution >= 0.6 is 0 Å². The van der Waals surface area contributed by atoms with Gasteiger partial charge >= 0.3 is 0 Å². The maximum absolute atomic E-state index is 9.74. The number of hydrogen-bond acceptors (Lipinski definition) is 2. The van der Waals surface area contributed by atoms with Gasteiger partial charge in [0.2, 0.25) is 0 Å². The smallest absolute Gasteiger partial charge is 0.119 e. The average Bonchev–Trinajstić information content (AvgIpc) is 2.68. The minimum absolute atomic E-state index is 0.476. The highest BCUT2D eigenvalue weighted by Gasteiger charge is 2.06. The van der Waals surface area contributed by atoms with Gasteiger partial charge in [-0.1, -0.05) is 77.6 Å².